The largest absolute Gasteiger partial charge is 0.313 e. The van der Waals surface area contributed by atoms with Crippen molar-refractivity contribution in [3.8, 4) is 0 Å². The van der Waals surface area contributed by atoms with Crippen LogP contribution in [0.15, 0.2) is 45.1 Å². The highest BCUT2D eigenvalue weighted by Crippen LogP contribution is 2.24. The first-order valence-electron chi connectivity index (χ1n) is 7.02. The fourth-order valence-corrected chi connectivity index (χ4v) is 4.53. The Morgan fingerprint density at radius 1 is 1.38 bits per heavy atom. The Hall–Kier alpha value is -0.360. The molecule has 0 amide bonds. The lowest BCUT2D eigenvalue weighted by Crippen LogP contribution is -2.33. The summed E-state index contributed by atoms with van der Waals surface area (Å²) in [5.41, 5.74) is 0. The number of thioether (sulfide) groups is 1. The van der Waals surface area contributed by atoms with Crippen molar-refractivity contribution < 1.29 is 4.39 Å². The van der Waals surface area contributed by atoms with Gasteiger partial charge < -0.3 is 5.32 Å². The maximum atomic E-state index is 13.2. The molecule has 114 valence electrons. The summed E-state index contributed by atoms with van der Waals surface area (Å²) in [6.07, 6.45) is 2.13. The van der Waals surface area contributed by atoms with Gasteiger partial charge in [-0.25, -0.2) is 4.39 Å². The zero-order valence-corrected chi connectivity index (χ0v) is 15.2. The van der Waals surface area contributed by atoms with E-state index in [-0.39, 0.29) is 5.82 Å². The van der Waals surface area contributed by atoms with E-state index in [9.17, 15) is 4.39 Å². The molecule has 1 unspecified atom stereocenters. The molecule has 2 rings (SSSR count). The van der Waals surface area contributed by atoms with Crippen molar-refractivity contribution >= 4 is 39.0 Å². The molecule has 1 heterocycles. The molecule has 5 heteroatoms. The maximum absolute atomic E-state index is 13.2. The molecule has 0 aliphatic rings. The number of hydrogen-bond donors (Lipinski definition) is 1. The Kier molecular flexibility index (Phi) is 7.23. The highest BCUT2D eigenvalue weighted by Gasteiger charge is 2.11. The van der Waals surface area contributed by atoms with Gasteiger partial charge in [0.05, 0.1) is 0 Å². The maximum Gasteiger partial charge on any atom is 0.124 e. The zero-order valence-electron chi connectivity index (χ0n) is 11.9. The van der Waals surface area contributed by atoms with Gasteiger partial charge in [-0.2, -0.15) is 0 Å². The summed E-state index contributed by atoms with van der Waals surface area (Å²) < 4.78 is 14.4. The van der Waals surface area contributed by atoms with Crippen molar-refractivity contribution in [2.45, 2.75) is 30.7 Å². The third-order valence-corrected chi connectivity index (χ3v) is 5.88. The molecule has 0 aliphatic heterocycles. The van der Waals surface area contributed by atoms with Crippen LogP contribution in [0.5, 0.6) is 0 Å². The molecule has 1 nitrogen and oxygen atoms in total. The fourth-order valence-electron chi connectivity index (χ4n) is 2.00. The quantitative estimate of drug-likeness (QED) is 0.612. The summed E-state index contributed by atoms with van der Waals surface area (Å²) in [5.74, 6) is 0.777. The Bertz CT molecular complexity index is 559. The van der Waals surface area contributed by atoms with Gasteiger partial charge in [0, 0.05) is 31.4 Å². The highest BCUT2D eigenvalue weighted by atomic mass is 79.9. The summed E-state index contributed by atoms with van der Waals surface area (Å²) in [6, 6.07) is 9.40. The van der Waals surface area contributed by atoms with Crippen molar-refractivity contribution in [1.29, 1.82) is 0 Å². The van der Waals surface area contributed by atoms with E-state index >= 15 is 0 Å². The van der Waals surface area contributed by atoms with Gasteiger partial charge in [-0.15, -0.1) is 23.1 Å². The van der Waals surface area contributed by atoms with Gasteiger partial charge in [-0.05, 0) is 59.6 Å². The number of rotatable bonds is 8. The van der Waals surface area contributed by atoms with Crippen molar-refractivity contribution in [2.75, 3.05) is 12.3 Å². The molecular formula is C16H19BrFNS2. The van der Waals surface area contributed by atoms with Gasteiger partial charge in [0.25, 0.3) is 0 Å². The lowest BCUT2D eigenvalue weighted by Gasteiger charge is -2.17. The van der Waals surface area contributed by atoms with Crippen molar-refractivity contribution in [1.82, 2.24) is 5.32 Å². The van der Waals surface area contributed by atoms with E-state index in [0.717, 1.165) is 34.5 Å². The summed E-state index contributed by atoms with van der Waals surface area (Å²) in [4.78, 5) is 2.36. The topological polar surface area (TPSA) is 12.0 Å². The van der Waals surface area contributed by atoms with Gasteiger partial charge in [-0.3, -0.25) is 0 Å². The van der Waals surface area contributed by atoms with Gasteiger partial charge in [-0.1, -0.05) is 13.0 Å². The molecule has 1 aromatic heterocycles. The number of nitrogens with one attached hydrogen (secondary N) is 1. The predicted octanol–water partition coefficient (Wildman–Crippen LogP) is 5.35. The van der Waals surface area contributed by atoms with Crippen LogP contribution in [0.25, 0.3) is 0 Å². The fraction of sp³-hybridized carbons (Fsp3) is 0.375. The summed E-state index contributed by atoms with van der Waals surface area (Å²) >= 11 is 6.99. The van der Waals surface area contributed by atoms with Crippen LogP contribution in [0.3, 0.4) is 0 Å². The van der Waals surface area contributed by atoms with E-state index in [1.165, 1.54) is 10.9 Å². The van der Waals surface area contributed by atoms with Gasteiger partial charge in [0.2, 0.25) is 0 Å². The zero-order chi connectivity index (χ0) is 15.1. The van der Waals surface area contributed by atoms with Crippen LogP contribution in [0.2, 0.25) is 0 Å². The van der Waals surface area contributed by atoms with Crippen LogP contribution in [0.4, 0.5) is 4.39 Å². The summed E-state index contributed by atoms with van der Waals surface area (Å²) in [6.45, 7) is 3.19. The van der Waals surface area contributed by atoms with E-state index < -0.39 is 0 Å². The molecule has 0 bridgehead atoms. The molecule has 1 atom stereocenters. The van der Waals surface area contributed by atoms with Crippen LogP contribution >= 0.6 is 39.0 Å². The number of hydrogen-bond acceptors (Lipinski definition) is 3. The molecule has 2 aromatic rings. The minimum Gasteiger partial charge on any atom is -0.313 e. The molecule has 21 heavy (non-hydrogen) atoms. The second-order valence-corrected chi connectivity index (χ2v) is 7.86. The van der Waals surface area contributed by atoms with Gasteiger partial charge in [0.1, 0.15) is 5.82 Å². The molecule has 0 fully saturated rings. The first-order chi connectivity index (χ1) is 10.2. The second-order valence-electron chi connectivity index (χ2n) is 4.85. The average molecular weight is 388 g/mol. The van der Waals surface area contributed by atoms with Crippen molar-refractivity contribution in [3.63, 3.8) is 0 Å². The lowest BCUT2D eigenvalue weighted by molar-refractivity contribution is 0.553. The molecule has 1 N–H and O–H groups in total. The van der Waals surface area contributed by atoms with Gasteiger partial charge >= 0.3 is 0 Å². The number of benzene rings is 1. The van der Waals surface area contributed by atoms with E-state index in [4.69, 9.17) is 0 Å². The number of thiophene rings is 1. The van der Waals surface area contributed by atoms with E-state index in [0.29, 0.717) is 6.04 Å². The van der Waals surface area contributed by atoms with E-state index in [1.54, 1.807) is 35.2 Å². The minimum absolute atomic E-state index is 0.166. The molecule has 1 aromatic carbocycles. The second kappa shape index (κ2) is 8.93. The SMILES string of the molecule is CCCNC(CSc1cccc(F)c1)Cc1cc(Br)cs1. The Balaban J connectivity index is 1.92. The number of halogens is 2. The summed E-state index contributed by atoms with van der Waals surface area (Å²) in [7, 11) is 0. The Morgan fingerprint density at radius 3 is 2.90 bits per heavy atom. The molecule has 0 radical (unpaired) electrons. The monoisotopic (exact) mass is 387 g/mol. The standard InChI is InChI=1S/C16H19BrFNS2/c1-2-6-19-14(9-16-7-12(17)10-20-16)11-21-15-5-3-4-13(18)8-15/h3-5,7-8,10,14,19H,2,6,9,11H2,1H3. The van der Waals surface area contributed by atoms with Gasteiger partial charge in [0.15, 0.2) is 0 Å². The minimum atomic E-state index is -0.166. The van der Waals surface area contributed by atoms with Crippen LogP contribution in [-0.2, 0) is 6.42 Å². The third kappa shape index (κ3) is 6.10. The van der Waals surface area contributed by atoms with E-state index in [1.807, 2.05) is 6.07 Å². The smallest absolute Gasteiger partial charge is 0.124 e. The van der Waals surface area contributed by atoms with Crippen LogP contribution in [-0.4, -0.2) is 18.3 Å². The predicted molar refractivity (Wildman–Crippen MR) is 94.9 cm³/mol. The Morgan fingerprint density at radius 2 is 2.24 bits per heavy atom. The molecular weight excluding hydrogens is 369 g/mol. The average Bonchev–Trinajstić information content (AvgIpc) is 2.87. The Labute approximate surface area is 142 Å². The molecule has 0 spiro atoms. The first-order valence-corrected chi connectivity index (χ1v) is 9.68. The van der Waals surface area contributed by atoms with Crippen molar-refractivity contribution in [3.05, 3.63) is 50.9 Å². The third-order valence-electron chi connectivity index (χ3n) is 3.00. The van der Waals surface area contributed by atoms with Crippen molar-refractivity contribution in [2.24, 2.45) is 0 Å². The molecule has 0 saturated carbocycles. The first kappa shape index (κ1) is 17.0. The lowest BCUT2D eigenvalue weighted by atomic mass is 10.2. The molecule has 0 saturated heterocycles. The summed E-state index contributed by atoms with van der Waals surface area (Å²) in [5, 5.41) is 5.71. The van der Waals surface area contributed by atoms with Crippen LogP contribution in [0.1, 0.15) is 18.2 Å². The van der Waals surface area contributed by atoms with Crippen LogP contribution < -0.4 is 5.32 Å². The highest BCUT2D eigenvalue weighted by molar-refractivity contribution is 9.10. The normalized spacial score (nSPS) is 12.5. The van der Waals surface area contributed by atoms with Crippen LogP contribution in [0, 0.1) is 5.82 Å². The van der Waals surface area contributed by atoms with E-state index in [2.05, 4.69) is 39.6 Å². The molecule has 0 aliphatic carbocycles.